The van der Waals surface area contributed by atoms with E-state index in [-0.39, 0.29) is 0 Å². The van der Waals surface area contributed by atoms with Crippen LogP contribution in [0.25, 0.3) is 0 Å². The van der Waals surface area contributed by atoms with E-state index in [1.54, 1.807) is 0 Å². The van der Waals surface area contributed by atoms with Crippen LogP contribution in [-0.4, -0.2) is 31.1 Å². The van der Waals surface area contributed by atoms with E-state index in [0.717, 1.165) is 11.0 Å². The van der Waals surface area contributed by atoms with E-state index in [2.05, 4.69) is 71.3 Å². The molecule has 1 N–H and O–H groups in total. The predicted molar refractivity (Wildman–Crippen MR) is 90.0 cm³/mol. The summed E-state index contributed by atoms with van der Waals surface area (Å²) < 4.78 is 1.16. The van der Waals surface area contributed by atoms with Gasteiger partial charge < -0.3 is 5.32 Å². The second-order valence-electron chi connectivity index (χ2n) is 6.14. The second kappa shape index (κ2) is 7.58. The number of hydrogen-bond donors (Lipinski definition) is 1. The smallest absolute Gasteiger partial charge is 0.0391 e. The minimum atomic E-state index is 0.540. The maximum Gasteiger partial charge on any atom is 0.0391 e. The maximum atomic E-state index is 3.55. The molecule has 2 rings (SSSR count). The lowest BCUT2D eigenvalue weighted by Crippen LogP contribution is -2.40. The molecule has 0 aliphatic carbocycles. The van der Waals surface area contributed by atoms with E-state index in [1.165, 1.54) is 31.4 Å². The van der Waals surface area contributed by atoms with Crippen LogP contribution in [0.5, 0.6) is 0 Å². The van der Waals surface area contributed by atoms with Crippen molar-refractivity contribution in [1.82, 2.24) is 10.2 Å². The Kier molecular flexibility index (Phi) is 6.06. The molecule has 3 heteroatoms. The number of rotatable bonds is 4. The Labute approximate surface area is 132 Å². The van der Waals surface area contributed by atoms with Gasteiger partial charge in [0, 0.05) is 16.6 Å². The Morgan fingerprint density at radius 2 is 1.95 bits per heavy atom. The fraction of sp³-hybridized carbons (Fsp3) is 0.647. The lowest BCUT2D eigenvalue weighted by Gasteiger charge is -2.38. The highest BCUT2D eigenvalue weighted by molar-refractivity contribution is 9.10. The number of hydrogen-bond acceptors (Lipinski definition) is 2. The van der Waals surface area contributed by atoms with Crippen LogP contribution in [0, 0.1) is 5.92 Å². The van der Waals surface area contributed by atoms with Crippen LogP contribution >= 0.6 is 15.9 Å². The van der Waals surface area contributed by atoms with Gasteiger partial charge in [-0.1, -0.05) is 34.5 Å². The molecule has 1 aliphatic heterocycles. The van der Waals surface area contributed by atoms with Crippen molar-refractivity contribution in [2.75, 3.05) is 20.1 Å². The fourth-order valence-corrected chi connectivity index (χ4v) is 3.71. The summed E-state index contributed by atoms with van der Waals surface area (Å²) in [7, 11) is 2.07. The van der Waals surface area contributed by atoms with Crippen LogP contribution in [0.2, 0.25) is 0 Å². The zero-order valence-corrected chi connectivity index (χ0v) is 14.5. The van der Waals surface area contributed by atoms with E-state index in [9.17, 15) is 0 Å². The number of benzene rings is 1. The van der Waals surface area contributed by atoms with Gasteiger partial charge in [-0.2, -0.15) is 0 Å². The van der Waals surface area contributed by atoms with Crippen LogP contribution in [0.1, 0.15) is 44.7 Å². The molecule has 1 fully saturated rings. The first-order valence-corrected chi connectivity index (χ1v) is 8.58. The normalized spacial score (nSPS) is 24.9. The minimum absolute atomic E-state index is 0.540. The summed E-state index contributed by atoms with van der Waals surface area (Å²) in [6.45, 7) is 6.98. The summed E-state index contributed by atoms with van der Waals surface area (Å²) in [6.07, 6.45) is 4.00. The predicted octanol–water partition coefficient (Wildman–Crippen LogP) is 4.22. The van der Waals surface area contributed by atoms with Crippen molar-refractivity contribution in [3.63, 3.8) is 0 Å². The quantitative estimate of drug-likeness (QED) is 0.884. The first-order chi connectivity index (χ1) is 9.63. The number of halogens is 1. The average Bonchev–Trinajstić information content (AvgIpc) is 2.63. The van der Waals surface area contributed by atoms with E-state index in [1.807, 2.05) is 0 Å². The first-order valence-electron chi connectivity index (χ1n) is 7.79. The maximum absolute atomic E-state index is 3.55. The molecule has 1 aliphatic rings. The van der Waals surface area contributed by atoms with Crippen LogP contribution < -0.4 is 5.32 Å². The third-order valence-electron chi connectivity index (χ3n) is 4.39. The lowest BCUT2D eigenvalue weighted by atomic mass is 9.88. The zero-order chi connectivity index (χ0) is 14.5. The SMILES string of the molecule is CNCC1CCCCN(C(C)C)C1c1ccc(Br)cc1. The molecular weight excluding hydrogens is 312 g/mol. The monoisotopic (exact) mass is 338 g/mol. The Bertz CT molecular complexity index is 402. The summed E-state index contributed by atoms with van der Waals surface area (Å²) in [6, 6.07) is 10.1. The van der Waals surface area contributed by atoms with Crippen molar-refractivity contribution in [3.8, 4) is 0 Å². The second-order valence-corrected chi connectivity index (χ2v) is 7.06. The van der Waals surface area contributed by atoms with Crippen LogP contribution in [-0.2, 0) is 0 Å². The molecule has 1 aromatic carbocycles. The molecule has 20 heavy (non-hydrogen) atoms. The van der Waals surface area contributed by atoms with Gasteiger partial charge in [-0.15, -0.1) is 0 Å². The van der Waals surface area contributed by atoms with Crippen molar-refractivity contribution in [3.05, 3.63) is 34.3 Å². The van der Waals surface area contributed by atoms with E-state index >= 15 is 0 Å². The highest BCUT2D eigenvalue weighted by Crippen LogP contribution is 2.36. The van der Waals surface area contributed by atoms with Crippen LogP contribution in [0.4, 0.5) is 0 Å². The lowest BCUT2D eigenvalue weighted by molar-refractivity contribution is 0.118. The van der Waals surface area contributed by atoms with Gasteiger partial charge in [0.2, 0.25) is 0 Å². The molecule has 1 saturated heterocycles. The molecule has 0 spiro atoms. The van der Waals surface area contributed by atoms with Gasteiger partial charge in [0.1, 0.15) is 0 Å². The van der Waals surface area contributed by atoms with Crippen molar-refractivity contribution < 1.29 is 0 Å². The first kappa shape index (κ1) is 16.0. The van der Waals surface area contributed by atoms with Gasteiger partial charge >= 0.3 is 0 Å². The summed E-state index contributed by atoms with van der Waals surface area (Å²) in [5.41, 5.74) is 1.46. The summed E-state index contributed by atoms with van der Waals surface area (Å²) >= 11 is 3.55. The van der Waals surface area contributed by atoms with Crippen molar-refractivity contribution in [2.24, 2.45) is 5.92 Å². The standard InChI is InChI=1S/C17H27BrN2/c1-13(2)20-11-5-4-6-15(12-19-3)17(20)14-7-9-16(18)10-8-14/h7-10,13,15,17,19H,4-6,11-12H2,1-3H3. The number of likely N-dealkylation sites (tertiary alicyclic amines) is 1. The molecule has 112 valence electrons. The average molecular weight is 339 g/mol. The molecule has 2 nitrogen and oxygen atoms in total. The Morgan fingerprint density at radius 1 is 1.25 bits per heavy atom. The molecule has 0 amide bonds. The molecule has 2 atom stereocenters. The summed E-state index contributed by atoms with van der Waals surface area (Å²) in [4.78, 5) is 2.69. The summed E-state index contributed by atoms with van der Waals surface area (Å²) in [5.74, 6) is 0.700. The highest BCUT2D eigenvalue weighted by Gasteiger charge is 2.31. The molecule has 1 heterocycles. The molecule has 0 radical (unpaired) electrons. The Morgan fingerprint density at radius 3 is 2.55 bits per heavy atom. The molecular formula is C17H27BrN2. The molecule has 0 aromatic heterocycles. The van der Waals surface area contributed by atoms with E-state index < -0.39 is 0 Å². The van der Waals surface area contributed by atoms with E-state index in [0.29, 0.717) is 18.0 Å². The molecule has 0 bridgehead atoms. The van der Waals surface area contributed by atoms with Crippen LogP contribution in [0.3, 0.4) is 0 Å². The van der Waals surface area contributed by atoms with Gasteiger partial charge in [-0.25, -0.2) is 0 Å². The third kappa shape index (κ3) is 3.84. The Hall–Kier alpha value is -0.380. The van der Waals surface area contributed by atoms with Crippen molar-refractivity contribution >= 4 is 15.9 Å². The van der Waals surface area contributed by atoms with Gasteiger partial charge in [0.05, 0.1) is 0 Å². The van der Waals surface area contributed by atoms with Gasteiger partial charge in [-0.05, 0) is 70.4 Å². The minimum Gasteiger partial charge on any atom is -0.319 e. The summed E-state index contributed by atoms with van der Waals surface area (Å²) in [5, 5.41) is 3.40. The number of nitrogens with one attached hydrogen (secondary N) is 1. The van der Waals surface area contributed by atoms with Gasteiger partial charge in [0.15, 0.2) is 0 Å². The van der Waals surface area contributed by atoms with E-state index in [4.69, 9.17) is 0 Å². The third-order valence-corrected chi connectivity index (χ3v) is 4.91. The zero-order valence-electron chi connectivity index (χ0n) is 12.9. The topological polar surface area (TPSA) is 15.3 Å². The van der Waals surface area contributed by atoms with Crippen molar-refractivity contribution in [2.45, 2.75) is 45.2 Å². The van der Waals surface area contributed by atoms with Crippen molar-refractivity contribution in [1.29, 1.82) is 0 Å². The largest absolute Gasteiger partial charge is 0.319 e. The van der Waals surface area contributed by atoms with Gasteiger partial charge in [-0.3, -0.25) is 4.90 Å². The molecule has 1 aromatic rings. The fourth-order valence-electron chi connectivity index (χ4n) is 3.45. The Balaban J connectivity index is 2.33. The van der Waals surface area contributed by atoms with Crippen LogP contribution in [0.15, 0.2) is 28.7 Å². The number of nitrogens with zero attached hydrogens (tertiary/aromatic N) is 1. The molecule has 0 saturated carbocycles. The molecule has 2 unspecified atom stereocenters. The highest BCUT2D eigenvalue weighted by atomic mass is 79.9. The van der Waals surface area contributed by atoms with Gasteiger partial charge in [0.25, 0.3) is 0 Å².